The van der Waals surface area contributed by atoms with Crippen LogP contribution in [0.2, 0.25) is 0 Å². The summed E-state index contributed by atoms with van der Waals surface area (Å²) < 4.78 is 0. The smallest absolute Gasteiger partial charge is 0.0345 e. The van der Waals surface area contributed by atoms with Gasteiger partial charge in [0.05, 0.1) is 0 Å². The van der Waals surface area contributed by atoms with E-state index < -0.39 is 0 Å². The summed E-state index contributed by atoms with van der Waals surface area (Å²) in [5.74, 6) is 0. The molecule has 2 unspecified atom stereocenters. The normalized spacial score (nSPS) is 37.2. The van der Waals surface area contributed by atoms with Crippen molar-refractivity contribution in [2.75, 3.05) is 59.4 Å². The van der Waals surface area contributed by atoms with E-state index in [4.69, 9.17) is 0 Å². The lowest BCUT2D eigenvalue weighted by Crippen LogP contribution is -2.57. The number of hydrogen-bond donors (Lipinski definition) is 1. The van der Waals surface area contributed by atoms with Gasteiger partial charge in [0.2, 0.25) is 0 Å². The number of piperazine rings is 2. The zero-order valence-electron chi connectivity index (χ0n) is 11.1. The summed E-state index contributed by atoms with van der Waals surface area (Å²) in [7, 11) is 2.28. The SMILES string of the molecule is CN1CCNCC1CN1CCN2CCCC2C1. The van der Waals surface area contributed by atoms with Gasteiger partial charge in [0.1, 0.15) is 0 Å². The van der Waals surface area contributed by atoms with Gasteiger partial charge in [-0.1, -0.05) is 0 Å². The van der Waals surface area contributed by atoms with Gasteiger partial charge >= 0.3 is 0 Å². The third-order valence-electron chi connectivity index (χ3n) is 4.79. The highest BCUT2D eigenvalue weighted by atomic mass is 15.3. The number of rotatable bonds is 2. The van der Waals surface area contributed by atoms with Gasteiger partial charge in [0, 0.05) is 57.9 Å². The fourth-order valence-corrected chi connectivity index (χ4v) is 3.59. The molecule has 0 aliphatic carbocycles. The van der Waals surface area contributed by atoms with E-state index in [9.17, 15) is 0 Å². The number of fused-ring (bicyclic) bond motifs is 1. The van der Waals surface area contributed by atoms with Crippen molar-refractivity contribution in [3.63, 3.8) is 0 Å². The second kappa shape index (κ2) is 5.22. The van der Waals surface area contributed by atoms with E-state index in [0.29, 0.717) is 0 Å². The summed E-state index contributed by atoms with van der Waals surface area (Å²) >= 11 is 0. The van der Waals surface area contributed by atoms with Crippen molar-refractivity contribution < 1.29 is 0 Å². The fourth-order valence-electron chi connectivity index (χ4n) is 3.59. The highest BCUT2D eigenvalue weighted by Crippen LogP contribution is 2.21. The third-order valence-corrected chi connectivity index (χ3v) is 4.79. The van der Waals surface area contributed by atoms with Gasteiger partial charge in [-0.25, -0.2) is 0 Å². The maximum Gasteiger partial charge on any atom is 0.0345 e. The van der Waals surface area contributed by atoms with Gasteiger partial charge in [0.25, 0.3) is 0 Å². The average molecular weight is 238 g/mol. The molecule has 3 fully saturated rings. The Kier molecular flexibility index (Phi) is 3.66. The van der Waals surface area contributed by atoms with Crippen molar-refractivity contribution >= 4 is 0 Å². The molecule has 0 aromatic carbocycles. The predicted molar refractivity (Wildman–Crippen MR) is 70.3 cm³/mol. The van der Waals surface area contributed by atoms with Crippen LogP contribution >= 0.6 is 0 Å². The van der Waals surface area contributed by atoms with E-state index in [0.717, 1.165) is 18.6 Å². The molecule has 0 spiro atoms. The van der Waals surface area contributed by atoms with E-state index in [1.807, 2.05) is 0 Å². The first-order valence-corrected chi connectivity index (χ1v) is 7.20. The Bertz CT molecular complexity index is 258. The van der Waals surface area contributed by atoms with Crippen molar-refractivity contribution in [2.45, 2.75) is 24.9 Å². The molecular formula is C13H26N4. The molecule has 0 saturated carbocycles. The predicted octanol–water partition coefficient (Wildman–Crippen LogP) is -0.330. The maximum atomic E-state index is 3.52. The lowest BCUT2D eigenvalue weighted by atomic mass is 10.1. The Morgan fingerprint density at radius 1 is 1.18 bits per heavy atom. The van der Waals surface area contributed by atoms with Crippen LogP contribution in [0.15, 0.2) is 0 Å². The minimum Gasteiger partial charge on any atom is -0.314 e. The average Bonchev–Trinajstić information content (AvgIpc) is 2.79. The van der Waals surface area contributed by atoms with Crippen molar-refractivity contribution in [3.05, 3.63) is 0 Å². The molecule has 0 aromatic heterocycles. The largest absolute Gasteiger partial charge is 0.314 e. The number of nitrogens with one attached hydrogen (secondary N) is 1. The van der Waals surface area contributed by atoms with Gasteiger partial charge in [-0.05, 0) is 26.4 Å². The molecule has 2 atom stereocenters. The van der Waals surface area contributed by atoms with Crippen molar-refractivity contribution in [1.82, 2.24) is 20.0 Å². The second-order valence-corrected chi connectivity index (χ2v) is 5.93. The highest BCUT2D eigenvalue weighted by Gasteiger charge is 2.32. The zero-order chi connectivity index (χ0) is 11.7. The first-order valence-electron chi connectivity index (χ1n) is 7.20. The molecule has 3 heterocycles. The van der Waals surface area contributed by atoms with E-state index in [2.05, 4.69) is 27.1 Å². The summed E-state index contributed by atoms with van der Waals surface area (Å²) in [6.45, 7) is 10.0. The van der Waals surface area contributed by atoms with Crippen LogP contribution in [0.1, 0.15) is 12.8 Å². The number of nitrogens with zero attached hydrogens (tertiary/aromatic N) is 3. The molecule has 0 amide bonds. The Hall–Kier alpha value is -0.160. The van der Waals surface area contributed by atoms with Gasteiger partial charge in [0.15, 0.2) is 0 Å². The molecule has 0 radical (unpaired) electrons. The topological polar surface area (TPSA) is 21.8 Å². The molecule has 3 aliphatic rings. The minimum atomic E-state index is 0.719. The zero-order valence-corrected chi connectivity index (χ0v) is 11.1. The fraction of sp³-hybridized carbons (Fsp3) is 1.00. The van der Waals surface area contributed by atoms with Crippen molar-refractivity contribution in [3.8, 4) is 0 Å². The molecule has 4 nitrogen and oxygen atoms in total. The summed E-state index contributed by atoms with van der Waals surface area (Å²) in [4.78, 5) is 7.91. The van der Waals surface area contributed by atoms with E-state index in [1.54, 1.807) is 0 Å². The molecule has 98 valence electrons. The summed E-state index contributed by atoms with van der Waals surface area (Å²) in [5, 5.41) is 3.52. The minimum absolute atomic E-state index is 0.719. The number of likely N-dealkylation sites (N-methyl/N-ethyl adjacent to an activating group) is 1. The Morgan fingerprint density at radius 3 is 3.00 bits per heavy atom. The van der Waals surface area contributed by atoms with Crippen LogP contribution in [0.25, 0.3) is 0 Å². The molecule has 0 bridgehead atoms. The third kappa shape index (κ3) is 2.65. The molecule has 3 rings (SSSR count). The van der Waals surface area contributed by atoms with Gasteiger partial charge in [-0.15, -0.1) is 0 Å². The van der Waals surface area contributed by atoms with Crippen molar-refractivity contribution in [2.24, 2.45) is 0 Å². The van der Waals surface area contributed by atoms with Crippen LogP contribution in [0.3, 0.4) is 0 Å². The Labute approximate surface area is 105 Å². The van der Waals surface area contributed by atoms with Crippen LogP contribution in [0.5, 0.6) is 0 Å². The molecule has 3 aliphatic heterocycles. The van der Waals surface area contributed by atoms with Crippen LogP contribution in [-0.4, -0.2) is 86.2 Å². The first-order chi connectivity index (χ1) is 8.33. The van der Waals surface area contributed by atoms with E-state index >= 15 is 0 Å². The quantitative estimate of drug-likeness (QED) is 0.711. The lowest BCUT2D eigenvalue weighted by molar-refractivity contribution is 0.0713. The standard InChI is InChI=1S/C13H26N4/c1-15-6-4-14-9-13(15)11-16-7-8-17-5-2-3-12(17)10-16/h12-14H,2-11H2,1H3. The Balaban J connectivity index is 1.51. The molecule has 3 saturated heterocycles. The lowest BCUT2D eigenvalue weighted by Gasteiger charge is -2.42. The highest BCUT2D eigenvalue weighted by molar-refractivity contribution is 4.89. The van der Waals surface area contributed by atoms with Crippen LogP contribution < -0.4 is 5.32 Å². The monoisotopic (exact) mass is 238 g/mol. The van der Waals surface area contributed by atoms with Crippen LogP contribution in [0.4, 0.5) is 0 Å². The van der Waals surface area contributed by atoms with Crippen molar-refractivity contribution in [1.29, 1.82) is 0 Å². The van der Waals surface area contributed by atoms with E-state index in [-0.39, 0.29) is 0 Å². The summed E-state index contributed by atoms with van der Waals surface area (Å²) in [6, 6.07) is 1.59. The van der Waals surface area contributed by atoms with Crippen LogP contribution in [-0.2, 0) is 0 Å². The molecule has 17 heavy (non-hydrogen) atoms. The van der Waals surface area contributed by atoms with Gasteiger partial charge in [-0.3, -0.25) is 14.7 Å². The van der Waals surface area contributed by atoms with E-state index in [1.165, 1.54) is 58.7 Å². The Morgan fingerprint density at radius 2 is 2.12 bits per heavy atom. The van der Waals surface area contributed by atoms with Gasteiger partial charge < -0.3 is 5.32 Å². The summed E-state index contributed by atoms with van der Waals surface area (Å²) in [5.41, 5.74) is 0. The first kappa shape index (κ1) is 11.9. The number of hydrogen-bond acceptors (Lipinski definition) is 4. The van der Waals surface area contributed by atoms with Gasteiger partial charge in [-0.2, -0.15) is 0 Å². The van der Waals surface area contributed by atoms with Crippen LogP contribution in [0, 0.1) is 0 Å². The second-order valence-electron chi connectivity index (χ2n) is 5.93. The molecular weight excluding hydrogens is 212 g/mol. The molecule has 1 N–H and O–H groups in total. The molecule has 4 heteroatoms. The molecule has 0 aromatic rings. The summed E-state index contributed by atoms with van der Waals surface area (Å²) in [6.07, 6.45) is 2.85. The maximum absolute atomic E-state index is 3.52.